The minimum atomic E-state index is -1.09. The third-order valence-electron chi connectivity index (χ3n) is 3.18. The van der Waals surface area contributed by atoms with Crippen molar-refractivity contribution in [1.82, 2.24) is 5.32 Å². The summed E-state index contributed by atoms with van der Waals surface area (Å²) in [5, 5.41) is 2.76. The molecule has 0 spiro atoms. The highest BCUT2D eigenvalue weighted by Crippen LogP contribution is 2.21. The third kappa shape index (κ3) is 3.07. The summed E-state index contributed by atoms with van der Waals surface area (Å²) in [6, 6.07) is 2.39. The van der Waals surface area contributed by atoms with Crippen molar-refractivity contribution in [3.8, 4) is 0 Å². The Morgan fingerprint density at radius 3 is 2.56 bits per heavy atom. The molecule has 1 N–H and O–H groups in total. The average molecular weight is 318 g/mol. The summed E-state index contributed by atoms with van der Waals surface area (Å²) in [7, 11) is 0. The molecular weight excluding hydrogens is 304 g/mol. The molecule has 0 aliphatic heterocycles. The van der Waals surface area contributed by atoms with Crippen molar-refractivity contribution in [3.05, 3.63) is 33.8 Å². The Bertz CT molecular complexity index is 459. The molecule has 1 aromatic rings. The Kier molecular flexibility index (Phi) is 4.32. The Labute approximate surface area is 113 Å². The zero-order valence-electron chi connectivity index (χ0n) is 9.81. The molecule has 1 aromatic carbocycles. The van der Waals surface area contributed by atoms with Crippen LogP contribution in [0.4, 0.5) is 8.78 Å². The smallest absolute Gasteiger partial charge is 0.254 e. The minimum absolute atomic E-state index is 0.0766. The van der Waals surface area contributed by atoms with Crippen LogP contribution in [0, 0.1) is 11.6 Å². The largest absolute Gasteiger partial charge is 0.349 e. The van der Waals surface area contributed by atoms with Crippen molar-refractivity contribution >= 4 is 21.8 Å². The maximum atomic E-state index is 13.5. The number of hydrogen-bond acceptors (Lipinski definition) is 1. The van der Waals surface area contributed by atoms with Crippen molar-refractivity contribution in [2.75, 3.05) is 0 Å². The second-order valence-electron chi connectivity index (χ2n) is 4.56. The molecule has 5 heteroatoms. The molecule has 0 heterocycles. The monoisotopic (exact) mass is 317 g/mol. The highest BCUT2D eigenvalue weighted by molar-refractivity contribution is 9.10. The van der Waals surface area contributed by atoms with Crippen LogP contribution in [-0.4, -0.2) is 11.9 Å². The van der Waals surface area contributed by atoms with Gasteiger partial charge in [-0.15, -0.1) is 0 Å². The summed E-state index contributed by atoms with van der Waals surface area (Å²) in [5.41, 5.74) is -0.243. The maximum absolute atomic E-state index is 13.5. The number of hydrogen-bond donors (Lipinski definition) is 1. The molecule has 0 aromatic heterocycles. The Balaban J connectivity index is 2.13. The van der Waals surface area contributed by atoms with Crippen LogP contribution in [0.15, 0.2) is 16.6 Å². The lowest BCUT2D eigenvalue weighted by atomic mass is 9.95. The average Bonchev–Trinajstić information content (AvgIpc) is 2.35. The van der Waals surface area contributed by atoms with E-state index in [1.54, 1.807) is 0 Å². The van der Waals surface area contributed by atoms with Crippen molar-refractivity contribution < 1.29 is 13.6 Å². The molecule has 0 atom stereocenters. The van der Waals surface area contributed by atoms with Gasteiger partial charge in [-0.05, 0) is 25.0 Å². The summed E-state index contributed by atoms with van der Waals surface area (Å²) < 4.78 is 27.1. The van der Waals surface area contributed by atoms with Gasteiger partial charge < -0.3 is 5.32 Å². The Morgan fingerprint density at radius 2 is 1.89 bits per heavy atom. The summed E-state index contributed by atoms with van der Waals surface area (Å²) in [6.07, 6.45) is 5.13. The predicted molar refractivity (Wildman–Crippen MR) is 68.4 cm³/mol. The number of benzene rings is 1. The van der Waals surface area contributed by atoms with Gasteiger partial charge in [0.05, 0.1) is 5.56 Å². The van der Waals surface area contributed by atoms with Gasteiger partial charge in [0.15, 0.2) is 11.6 Å². The number of carbonyl (C=O) groups is 1. The molecule has 0 radical (unpaired) electrons. The van der Waals surface area contributed by atoms with Crippen LogP contribution in [-0.2, 0) is 0 Å². The van der Waals surface area contributed by atoms with Crippen LogP contribution in [0.1, 0.15) is 42.5 Å². The van der Waals surface area contributed by atoms with E-state index in [4.69, 9.17) is 0 Å². The first-order valence-corrected chi connectivity index (χ1v) is 6.82. The minimum Gasteiger partial charge on any atom is -0.349 e. The molecule has 1 amide bonds. The van der Waals surface area contributed by atoms with E-state index in [9.17, 15) is 13.6 Å². The number of carbonyl (C=O) groups excluding carboxylic acids is 1. The molecule has 18 heavy (non-hydrogen) atoms. The van der Waals surface area contributed by atoms with E-state index in [1.165, 1.54) is 12.5 Å². The van der Waals surface area contributed by atoms with Gasteiger partial charge in [-0.2, -0.15) is 0 Å². The molecule has 1 saturated carbocycles. The Morgan fingerprint density at radius 1 is 1.22 bits per heavy atom. The molecule has 0 bridgehead atoms. The summed E-state index contributed by atoms with van der Waals surface area (Å²) >= 11 is 3.05. The fraction of sp³-hybridized carbons (Fsp3) is 0.462. The van der Waals surface area contributed by atoms with Crippen LogP contribution < -0.4 is 5.32 Å². The van der Waals surface area contributed by atoms with Crippen LogP contribution in [0.3, 0.4) is 0 Å². The fourth-order valence-electron chi connectivity index (χ4n) is 2.23. The van der Waals surface area contributed by atoms with Gasteiger partial charge in [-0.25, -0.2) is 8.78 Å². The molecule has 2 nitrogen and oxygen atoms in total. The van der Waals surface area contributed by atoms with E-state index < -0.39 is 17.5 Å². The van der Waals surface area contributed by atoms with Crippen LogP contribution in [0.25, 0.3) is 0 Å². The van der Waals surface area contributed by atoms with Crippen molar-refractivity contribution in [2.45, 2.75) is 38.1 Å². The van der Waals surface area contributed by atoms with Crippen LogP contribution in [0.5, 0.6) is 0 Å². The first-order chi connectivity index (χ1) is 8.58. The summed E-state index contributed by atoms with van der Waals surface area (Å²) in [5.74, 6) is -2.65. The van der Waals surface area contributed by atoms with Crippen molar-refractivity contribution in [1.29, 1.82) is 0 Å². The van der Waals surface area contributed by atoms with Gasteiger partial charge in [0.2, 0.25) is 0 Å². The zero-order valence-corrected chi connectivity index (χ0v) is 11.4. The highest BCUT2D eigenvalue weighted by Gasteiger charge is 2.21. The van der Waals surface area contributed by atoms with E-state index in [1.807, 2.05) is 0 Å². The van der Waals surface area contributed by atoms with E-state index in [-0.39, 0.29) is 11.6 Å². The standard InChI is InChI=1S/C13H14BrF2NO/c14-8-6-10(12(16)11(15)7-8)13(18)17-9-4-2-1-3-5-9/h6-7,9H,1-5H2,(H,17,18). The van der Waals surface area contributed by atoms with Crippen LogP contribution >= 0.6 is 15.9 Å². The van der Waals surface area contributed by atoms with Gasteiger partial charge in [0.25, 0.3) is 5.91 Å². The second-order valence-corrected chi connectivity index (χ2v) is 5.47. The molecular formula is C13H14BrF2NO. The number of rotatable bonds is 2. The van der Waals surface area contributed by atoms with Crippen LogP contribution in [0.2, 0.25) is 0 Å². The highest BCUT2D eigenvalue weighted by atomic mass is 79.9. The fourth-order valence-corrected chi connectivity index (χ4v) is 2.66. The van der Waals surface area contributed by atoms with Gasteiger partial charge in [-0.3, -0.25) is 4.79 Å². The normalized spacial score (nSPS) is 16.6. The Hall–Kier alpha value is -0.970. The molecule has 0 saturated heterocycles. The van der Waals surface area contributed by atoms with E-state index in [0.29, 0.717) is 4.47 Å². The molecule has 0 unspecified atom stereocenters. The molecule has 1 fully saturated rings. The molecule has 98 valence electrons. The van der Waals surface area contributed by atoms with E-state index in [2.05, 4.69) is 21.2 Å². The van der Waals surface area contributed by atoms with E-state index >= 15 is 0 Å². The van der Waals surface area contributed by atoms with Crippen molar-refractivity contribution in [3.63, 3.8) is 0 Å². The number of halogens is 3. The van der Waals surface area contributed by atoms with Gasteiger partial charge in [0.1, 0.15) is 0 Å². The number of amides is 1. The lowest BCUT2D eigenvalue weighted by Gasteiger charge is -2.22. The second kappa shape index (κ2) is 5.78. The molecule has 2 rings (SSSR count). The third-order valence-corrected chi connectivity index (χ3v) is 3.64. The van der Waals surface area contributed by atoms with Gasteiger partial charge in [0, 0.05) is 10.5 Å². The lowest BCUT2D eigenvalue weighted by molar-refractivity contribution is 0.0922. The molecule has 1 aliphatic carbocycles. The van der Waals surface area contributed by atoms with Gasteiger partial charge in [-0.1, -0.05) is 35.2 Å². The zero-order chi connectivity index (χ0) is 13.1. The quantitative estimate of drug-likeness (QED) is 0.826. The molecule has 1 aliphatic rings. The summed E-state index contributed by atoms with van der Waals surface area (Å²) in [4.78, 5) is 11.9. The lowest BCUT2D eigenvalue weighted by Crippen LogP contribution is -2.36. The van der Waals surface area contributed by atoms with Gasteiger partial charge >= 0.3 is 0 Å². The van der Waals surface area contributed by atoms with Crippen molar-refractivity contribution in [2.24, 2.45) is 0 Å². The number of nitrogens with one attached hydrogen (secondary N) is 1. The first-order valence-electron chi connectivity index (χ1n) is 6.03. The topological polar surface area (TPSA) is 29.1 Å². The maximum Gasteiger partial charge on any atom is 0.254 e. The first kappa shape index (κ1) is 13.5. The predicted octanol–water partition coefficient (Wildman–Crippen LogP) is 3.79. The van der Waals surface area contributed by atoms with E-state index in [0.717, 1.165) is 31.7 Å². The summed E-state index contributed by atoms with van der Waals surface area (Å²) in [6.45, 7) is 0. The SMILES string of the molecule is O=C(NC1CCCCC1)c1cc(Br)cc(F)c1F.